The van der Waals surface area contributed by atoms with Crippen molar-refractivity contribution in [2.45, 2.75) is 24.7 Å². The van der Waals surface area contributed by atoms with Gasteiger partial charge < -0.3 is 37.3 Å². The van der Waals surface area contributed by atoms with Gasteiger partial charge in [0.05, 0.1) is 6.54 Å². The number of amides is 2. The predicted molar refractivity (Wildman–Crippen MR) is 75.1 cm³/mol. The summed E-state index contributed by atoms with van der Waals surface area (Å²) in [7, 11) is -1.46. The van der Waals surface area contributed by atoms with Crippen LogP contribution in [-0.4, -0.2) is 63.8 Å². The molecule has 0 unspecified atom stereocenters. The molecular formula is C10H20BN5O5. The van der Waals surface area contributed by atoms with Crippen LogP contribution < -0.4 is 17.2 Å². The van der Waals surface area contributed by atoms with Gasteiger partial charge in [-0.05, 0) is 12.7 Å². The van der Waals surface area contributed by atoms with E-state index in [0.29, 0.717) is 12.8 Å². The summed E-state index contributed by atoms with van der Waals surface area (Å²) in [6.45, 7) is -0.107. The lowest BCUT2D eigenvalue weighted by atomic mass is 9.78. The Bertz CT molecular complexity index is 442. The largest absolute Gasteiger partial charge is 0.480 e. The highest BCUT2D eigenvalue weighted by Gasteiger charge is 2.50. The summed E-state index contributed by atoms with van der Waals surface area (Å²) in [5, 5.41) is 26.9. The van der Waals surface area contributed by atoms with E-state index < -0.39 is 36.5 Å². The second-order valence-electron chi connectivity index (χ2n) is 5.15. The first kappa shape index (κ1) is 17.2. The monoisotopic (exact) mass is 301 g/mol. The van der Waals surface area contributed by atoms with Gasteiger partial charge >= 0.3 is 19.1 Å². The first-order valence-electron chi connectivity index (χ1n) is 6.43. The van der Waals surface area contributed by atoms with Crippen LogP contribution in [0.5, 0.6) is 0 Å². The van der Waals surface area contributed by atoms with Crippen LogP contribution in [0.2, 0.25) is 6.32 Å². The lowest BCUT2D eigenvalue weighted by Gasteiger charge is -2.25. The summed E-state index contributed by atoms with van der Waals surface area (Å²) in [6.07, 6.45) is 0.818. The minimum absolute atomic E-state index is 0.0972. The van der Waals surface area contributed by atoms with E-state index in [1.165, 1.54) is 4.90 Å². The maximum atomic E-state index is 11.7. The predicted octanol–water partition coefficient (Wildman–Crippen LogP) is -2.65. The minimum Gasteiger partial charge on any atom is -0.480 e. The molecule has 0 bridgehead atoms. The molecule has 0 radical (unpaired) electrons. The van der Waals surface area contributed by atoms with E-state index in [0.717, 1.165) is 0 Å². The van der Waals surface area contributed by atoms with Crippen molar-refractivity contribution in [3.05, 3.63) is 0 Å². The fourth-order valence-electron chi connectivity index (χ4n) is 2.40. The summed E-state index contributed by atoms with van der Waals surface area (Å²) in [4.78, 5) is 27.7. The Morgan fingerprint density at radius 2 is 2.00 bits per heavy atom. The molecule has 1 saturated heterocycles. The number of nitrogens with two attached hydrogens (primary N) is 3. The zero-order valence-corrected chi connectivity index (χ0v) is 11.5. The fraction of sp³-hybridized carbons (Fsp3) is 0.700. The molecule has 10 nitrogen and oxygen atoms in total. The molecule has 2 amide bonds. The number of nitrogens with zero attached hydrogens (tertiary/aromatic N) is 2. The van der Waals surface area contributed by atoms with E-state index in [-0.39, 0.29) is 19.4 Å². The van der Waals surface area contributed by atoms with E-state index in [9.17, 15) is 14.7 Å². The van der Waals surface area contributed by atoms with Crippen LogP contribution in [0.25, 0.3) is 0 Å². The first-order chi connectivity index (χ1) is 9.66. The highest BCUT2D eigenvalue weighted by molar-refractivity contribution is 6.40. The summed E-state index contributed by atoms with van der Waals surface area (Å²) >= 11 is 0. The number of aliphatic carboxylic acids is 1. The van der Waals surface area contributed by atoms with Gasteiger partial charge in [-0.25, -0.2) is 4.79 Å². The summed E-state index contributed by atoms with van der Waals surface area (Å²) in [6, 6.07) is -0.740. The third-order valence-electron chi connectivity index (χ3n) is 3.53. The van der Waals surface area contributed by atoms with Crippen molar-refractivity contribution in [2.75, 3.05) is 13.1 Å². The lowest BCUT2D eigenvalue weighted by Crippen LogP contribution is -2.55. The smallest absolute Gasteiger partial charge is 0.451 e. The first-order valence-corrected chi connectivity index (χ1v) is 6.43. The molecule has 0 spiro atoms. The summed E-state index contributed by atoms with van der Waals surface area (Å²) in [5.74, 6) is -2.16. The zero-order valence-electron chi connectivity index (χ0n) is 11.5. The quantitative estimate of drug-likeness (QED) is 0.180. The van der Waals surface area contributed by atoms with Gasteiger partial charge in [0, 0.05) is 12.5 Å². The number of hydrogen-bond donors (Lipinski definition) is 6. The molecule has 0 aromatic carbocycles. The van der Waals surface area contributed by atoms with Crippen molar-refractivity contribution in [1.82, 2.24) is 4.90 Å². The number of carbonyl (C=O) groups is 2. The standard InChI is InChI=1S/C10H20BN5O5/c12-8(13)15-9(19)16-4-6(2-1-3-11(20)21)10(14,5-16)7(17)18/h6,20-21H,1-5,14H2,(H,17,18)(H4,12,13,15,19)/t6-,10-/m1/s1. The Morgan fingerprint density at radius 1 is 1.38 bits per heavy atom. The summed E-state index contributed by atoms with van der Waals surface area (Å²) < 4.78 is 0. The molecule has 118 valence electrons. The van der Waals surface area contributed by atoms with Crippen LogP contribution in [0.4, 0.5) is 4.79 Å². The third-order valence-corrected chi connectivity index (χ3v) is 3.53. The molecule has 1 aliphatic rings. The molecule has 0 aromatic heterocycles. The molecule has 0 saturated carbocycles. The molecule has 0 aromatic rings. The second-order valence-corrected chi connectivity index (χ2v) is 5.15. The van der Waals surface area contributed by atoms with Crippen LogP contribution in [0, 0.1) is 5.92 Å². The molecule has 1 rings (SSSR count). The van der Waals surface area contributed by atoms with Crippen LogP contribution in [0.3, 0.4) is 0 Å². The molecule has 0 aliphatic carbocycles. The van der Waals surface area contributed by atoms with Gasteiger partial charge in [0.15, 0.2) is 5.96 Å². The molecular weight excluding hydrogens is 281 g/mol. The van der Waals surface area contributed by atoms with E-state index in [1.807, 2.05) is 0 Å². The summed E-state index contributed by atoms with van der Waals surface area (Å²) in [5.41, 5.74) is 14.5. The Labute approximate surface area is 121 Å². The van der Waals surface area contributed by atoms with Gasteiger partial charge in [-0.15, -0.1) is 0 Å². The number of urea groups is 1. The average molecular weight is 301 g/mol. The third kappa shape index (κ3) is 4.31. The Balaban J connectivity index is 2.78. The van der Waals surface area contributed by atoms with E-state index in [1.54, 1.807) is 0 Å². The molecule has 1 heterocycles. The maximum Gasteiger partial charge on any atom is 0.451 e. The second kappa shape index (κ2) is 6.74. The number of carboxylic acid groups (broad SMARTS) is 1. The van der Waals surface area contributed by atoms with Gasteiger partial charge in [0.25, 0.3) is 0 Å². The number of carbonyl (C=O) groups excluding carboxylic acids is 1. The van der Waals surface area contributed by atoms with Crippen molar-refractivity contribution in [2.24, 2.45) is 28.1 Å². The van der Waals surface area contributed by atoms with Crippen LogP contribution in [0.15, 0.2) is 4.99 Å². The SMILES string of the molecule is NC(N)=NC(=O)N1C[C@@H](CCCB(O)O)[C@@](N)(C(=O)O)C1. The van der Waals surface area contributed by atoms with Gasteiger partial charge in [-0.2, -0.15) is 4.99 Å². The number of hydrogen-bond acceptors (Lipinski definition) is 5. The van der Waals surface area contributed by atoms with Crippen molar-refractivity contribution < 1.29 is 24.7 Å². The topological polar surface area (TPSA) is 188 Å². The number of carboxylic acids is 1. The highest BCUT2D eigenvalue weighted by Crippen LogP contribution is 2.30. The number of rotatable bonds is 5. The van der Waals surface area contributed by atoms with Gasteiger partial charge in [0.1, 0.15) is 5.54 Å². The molecule has 1 fully saturated rings. The highest BCUT2D eigenvalue weighted by atomic mass is 16.4. The average Bonchev–Trinajstić information content (AvgIpc) is 2.67. The van der Waals surface area contributed by atoms with Gasteiger partial charge in [-0.1, -0.05) is 6.42 Å². The molecule has 21 heavy (non-hydrogen) atoms. The van der Waals surface area contributed by atoms with Gasteiger partial charge in [-0.3, -0.25) is 4.79 Å². The van der Waals surface area contributed by atoms with Crippen molar-refractivity contribution in [1.29, 1.82) is 0 Å². The number of guanidine groups is 1. The maximum absolute atomic E-state index is 11.7. The molecule has 2 atom stereocenters. The van der Waals surface area contributed by atoms with E-state index in [2.05, 4.69) is 4.99 Å². The van der Waals surface area contributed by atoms with E-state index >= 15 is 0 Å². The Morgan fingerprint density at radius 3 is 2.48 bits per heavy atom. The molecule has 11 heteroatoms. The number of aliphatic imine (C=N–C) groups is 1. The minimum atomic E-state index is -1.60. The van der Waals surface area contributed by atoms with Crippen molar-refractivity contribution >= 4 is 25.1 Å². The molecule has 9 N–H and O–H groups in total. The van der Waals surface area contributed by atoms with Crippen LogP contribution in [-0.2, 0) is 4.79 Å². The van der Waals surface area contributed by atoms with Crippen LogP contribution in [0.1, 0.15) is 12.8 Å². The van der Waals surface area contributed by atoms with Crippen molar-refractivity contribution in [3.63, 3.8) is 0 Å². The Hall–Kier alpha value is -1.85. The number of likely N-dealkylation sites (tertiary alicyclic amines) is 1. The lowest BCUT2D eigenvalue weighted by molar-refractivity contribution is -0.144. The zero-order chi connectivity index (χ0) is 16.2. The van der Waals surface area contributed by atoms with Crippen LogP contribution >= 0.6 is 0 Å². The molecule has 1 aliphatic heterocycles. The van der Waals surface area contributed by atoms with E-state index in [4.69, 9.17) is 27.2 Å². The Kier molecular flexibility index (Phi) is 5.52. The van der Waals surface area contributed by atoms with Crippen molar-refractivity contribution in [3.8, 4) is 0 Å². The normalized spacial score (nSPS) is 24.7. The van der Waals surface area contributed by atoms with Gasteiger partial charge in [0.2, 0.25) is 0 Å². The fourth-order valence-corrected chi connectivity index (χ4v) is 2.40.